The minimum atomic E-state index is -0.518. The van der Waals surface area contributed by atoms with E-state index in [2.05, 4.69) is 10.3 Å². The van der Waals surface area contributed by atoms with E-state index in [1.807, 2.05) is 11.4 Å². The Morgan fingerprint density at radius 2 is 2.28 bits per heavy atom. The Bertz CT molecular complexity index is 539. The van der Waals surface area contributed by atoms with Crippen molar-refractivity contribution in [3.8, 4) is 0 Å². The molecule has 6 heteroatoms. The molecule has 1 heterocycles. The molecule has 0 aliphatic heterocycles. The van der Waals surface area contributed by atoms with Gasteiger partial charge in [-0.3, -0.25) is 4.79 Å². The molecule has 18 heavy (non-hydrogen) atoms. The number of hydrogen-bond donors (Lipinski definition) is 3. The van der Waals surface area contributed by atoms with Crippen molar-refractivity contribution in [1.29, 1.82) is 0 Å². The lowest BCUT2D eigenvalue weighted by atomic mass is 10.1. The molecule has 0 bridgehead atoms. The number of nitrogens with two attached hydrogens (primary N) is 2. The molecule has 0 saturated carbocycles. The average molecular weight is 262 g/mol. The Labute approximate surface area is 109 Å². The summed E-state index contributed by atoms with van der Waals surface area (Å²) in [7, 11) is 0. The number of hydrogen-bond acceptors (Lipinski definition) is 5. The smallest absolute Gasteiger partial charge is 0.250 e. The highest BCUT2D eigenvalue weighted by Gasteiger charge is 2.08. The minimum absolute atomic E-state index is 0.342. The normalized spacial score (nSPS) is 10.2. The van der Waals surface area contributed by atoms with E-state index in [1.54, 1.807) is 29.7 Å². The number of carbonyl (C=O) groups excluding carboxylic acids is 1. The lowest BCUT2D eigenvalue weighted by molar-refractivity contribution is 0.100. The summed E-state index contributed by atoms with van der Waals surface area (Å²) < 4.78 is 0. The van der Waals surface area contributed by atoms with Crippen molar-refractivity contribution in [2.24, 2.45) is 5.73 Å². The van der Waals surface area contributed by atoms with Crippen LogP contribution in [0.4, 0.5) is 11.4 Å². The lowest BCUT2D eigenvalue weighted by Gasteiger charge is -2.10. The molecule has 0 radical (unpaired) electrons. The summed E-state index contributed by atoms with van der Waals surface area (Å²) in [6, 6.07) is 5.19. The van der Waals surface area contributed by atoms with Gasteiger partial charge in [-0.25, -0.2) is 4.98 Å². The third-order valence-electron chi connectivity index (χ3n) is 2.51. The molecule has 1 aromatic heterocycles. The van der Waals surface area contributed by atoms with Gasteiger partial charge in [0.05, 0.1) is 21.9 Å². The minimum Gasteiger partial charge on any atom is -0.396 e. The summed E-state index contributed by atoms with van der Waals surface area (Å²) in [6.45, 7) is 0.708. The van der Waals surface area contributed by atoms with Gasteiger partial charge in [0, 0.05) is 24.5 Å². The van der Waals surface area contributed by atoms with E-state index in [0.717, 1.165) is 17.1 Å². The largest absolute Gasteiger partial charge is 0.396 e. The van der Waals surface area contributed by atoms with Crippen molar-refractivity contribution in [2.45, 2.75) is 6.42 Å². The summed E-state index contributed by atoms with van der Waals surface area (Å²) in [4.78, 5) is 15.3. The van der Waals surface area contributed by atoms with Crippen molar-refractivity contribution in [1.82, 2.24) is 4.98 Å². The number of anilines is 2. The standard InChI is InChI=1S/C12H14N4OS/c13-11-8(12(14)17)2-1-3-9(11)15-5-4-10-16-6-7-18-10/h1-3,6-7,15H,4-5,13H2,(H2,14,17). The third-order valence-corrected chi connectivity index (χ3v) is 3.35. The van der Waals surface area contributed by atoms with Gasteiger partial charge in [-0.2, -0.15) is 0 Å². The van der Waals surface area contributed by atoms with Crippen LogP contribution >= 0.6 is 11.3 Å². The molecule has 5 nitrogen and oxygen atoms in total. The van der Waals surface area contributed by atoms with E-state index in [-0.39, 0.29) is 0 Å². The maximum Gasteiger partial charge on any atom is 0.250 e. The number of carbonyl (C=O) groups is 1. The molecule has 94 valence electrons. The van der Waals surface area contributed by atoms with E-state index < -0.39 is 5.91 Å². The van der Waals surface area contributed by atoms with Gasteiger partial charge < -0.3 is 16.8 Å². The zero-order chi connectivity index (χ0) is 13.0. The van der Waals surface area contributed by atoms with Gasteiger partial charge in [-0.15, -0.1) is 11.3 Å². The highest BCUT2D eigenvalue weighted by Crippen LogP contribution is 2.22. The first-order valence-corrected chi connectivity index (χ1v) is 6.37. The number of aromatic nitrogens is 1. The number of benzene rings is 1. The molecule has 2 rings (SSSR count). The van der Waals surface area contributed by atoms with Crippen molar-refractivity contribution in [3.05, 3.63) is 40.3 Å². The number of nitrogens with one attached hydrogen (secondary N) is 1. The van der Waals surface area contributed by atoms with E-state index >= 15 is 0 Å². The van der Waals surface area contributed by atoms with E-state index in [0.29, 0.717) is 17.8 Å². The quantitative estimate of drug-likeness (QED) is 0.711. The zero-order valence-electron chi connectivity index (χ0n) is 9.72. The van der Waals surface area contributed by atoms with Crippen LogP contribution in [0.1, 0.15) is 15.4 Å². The van der Waals surface area contributed by atoms with E-state index in [9.17, 15) is 4.79 Å². The van der Waals surface area contributed by atoms with Crippen LogP contribution in [0.5, 0.6) is 0 Å². The molecular weight excluding hydrogens is 248 g/mol. The van der Waals surface area contributed by atoms with Gasteiger partial charge in [0.25, 0.3) is 5.91 Å². The number of primary amides is 1. The van der Waals surface area contributed by atoms with Crippen molar-refractivity contribution in [3.63, 3.8) is 0 Å². The van der Waals surface area contributed by atoms with Crippen LogP contribution in [0.15, 0.2) is 29.8 Å². The number of nitrogens with zero attached hydrogens (tertiary/aromatic N) is 1. The second-order valence-corrected chi connectivity index (χ2v) is 4.71. The lowest BCUT2D eigenvalue weighted by Crippen LogP contribution is -2.15. The Kier molecular flexibility index (Phi) is 3.78. The van der Waals surface area contributed by atoms with Crippen LogP contribution in [-0.4, -0.2) is 17.4 Å². The summed E-state index contributed by atoms with van der Waals surface area (Å²) in [5.74, 6) is -0.518. The van der Waals surface area contributed by atoms with Gasteiger partial charge in [0.15, 0.2) is 0 Å². The van der Waals surface area contributed by atoms with Crippen molar-refractivity contribution >= 4 is 28.6 Å². The fourth-order valence-electron chi connectivity index (χ4n) is 1.61. The third kappa shape index (κ3) is 2.78. The molecular formula is C12H14N4OS. The summed E-state index contributed by atoms with van der Waals surface area (Å²) >= 11 is 1.61. The van der Waals surface area contributed by atoms with Gasteiger partial charge in [0.1, 0.15) is 0 Å². The first-order valence-electron chi connectivity index (χ1n) is 5.49. The molecule has 0 fully saturated rings. The monoisotopic (exact) mass is 262 g/mol. The molecule has 2 aromatic rings. The van der Waals surface area contributed by atoms with Crippen LogP contribution in [0.25, 0.3) is 0 Å². The average Bonchev–Trinajstić information content (AvgIpc) is 2.84. The van der Waals surface area contributed by atoms with Gasteiger partial charge in [-0.05, 0) is 12.1 Å². The molecule has 0 aliphatic carbocycles. The molecule has 1 amide bonds. The molecule has 1 aromatic carbocycles. The Morgan fingerprint density at radius 1 is 1.44 bits per heavy atom. The van der Waals surface area contributed by atoms with Crippen LogP contribution in [0.3, 0.4) is 0 Å². The maximum atomic E-state index is 11.1. The molecule has 0 unspecified atom stereocenters. The Hall–Kier alpha value is -2.08. The van der Waals surface area contributed by atoms with Crippen LogP contribution in [0.2, 0.25) is 0 Å². The predicted molar refractivity (Wildman–Crippen MR) is 73.7 cm³/mol. The highest BCUT2D eigenvalue weighted by molar-refractivity contribution is 7.09. The first-order chi connectivity index (χ1) is 8.68. The van der Waals surface area contributed by atoms with Crippen molar-refractivity contribution < 1.29 is 4.79 Å². The summed E-state index contributed by atoms with van der Waals surface area (Å²) in [5.41, 5.74) is 12.6. The summed E-state index contributed by atoms with van der Waals surface area (Å²) in [6.07, 6.45) is 2.60. The molecule has 0 saturated heterocycles. The number of rotatable bonds is 5. The number of thiazole rings is 1. The topological polar surface area (TPSA) is 94.0 Å². The first kappa shape index (κ1) is 12.4. The van der Waals surface area contributed by atoms with Crippen LogP contribution < -0.4 is 16.8 Å². The molecule has 0 spiro atoms. The fraction of sp³-hybridized carbons (Fsp3) is 0.167. The number of nitrogen functional groups attached to an aromatic ring is 1. The van der Waals surface area contributed by atoms with Gasteiger partial charge >= 0.3 is 0 Å². The summed E-state index contributed by atoms with van der Waals surface area (Å²) in [5, 5.41) is 6.18. The zero-order valence-corrected chi connectivity index (χ0v) is 10.5. The van der Waals surface area contributed by atoms with Gasteiger partial charge in [0.2, 0.25) is 0 Å². The number of amides is 1. The highest BCUT2D eigenvalue weighted by atomic mass is 32.1. The Morgan fingerprint density at radius 3 is 2.94 bits per heavy atom. The number of para-hydroxylation sites is 1. The van der Waals surface area contributed by atoms with Crippen molar-refractivity contribution in [2.75, 3.05) is 17.6 Å². The predicted octanol–water partition coefficient (Wildman–Crippen LogP) is 1.48. The molecule has 0 aliphatic rings. The second kappa shape index (κ2) is 5.50. The van der Waals surface area contributed by atoms with Crippen LogP contribution in [0, 0.1) is 0 Å². The van der Waals surface area contributed by atoms with Gasteiger partial charge in [-0.1, -0.05) is 6.07 Å². The van der Waals surface area contributed by atoms with E-state index in [1.165, 1.54) is 0 Å². The molecule has 0 atom stereocenters. The second-order valence-electron chi connectivity index (χ2n) is 3.73. The van der Waals surface area contributed by atoms with E-state index in [4.69, 9.17) is 11.5 Å². The fourth-order valence-corrected chi connectivity index (χ4v) is 2.24. The Balaban J connectivity index is 2.01. The molecule has 5 N–H and O–H groups in total. The van der Waals surface area contributed by atoms with Crippen LogP contribution in [-0.2, 0) is 6.42 Å². The maximum absolute atomic E-state index is 11.1. The SMILES string of the molecule is NC(=O)c1cccc(NCCc2nccs2)c1N.